The molecule has 1 rings (SSSR count). The lowest BCUT2D eigenvalue weighted by molar-refractivity contribution is -0.141. The lowest BCUT2D eigenvalue weighted by Crippen LogP contribution is -2.37. The van der Waals surface area contributed by atoms with Crippen LogP contribution in [0.4, 0.5) is 0 Å². The van der Waals surface area contributed by atoms with Crippen molar-refractivity contribution in [3.05, 3.63) is 0 Å². The van der Waals surface area contributed by atoms with Gasteiger partial charge in [-0.25, -0.2) is 0 Å². The molecular weight excluding hydrogens is 186 g/mol. The average molecular weight is 201 g/mol. The predicted octanol–water partition coefficient (Wildman–Crippen LogP) is 1.09. The van der Waals surface area contributed by atoms with Crippen molar-refractivity contribution in [1.82, 2.24) is 4.90 Å². The lowest BCUT2D eigenvalue weighted by Gasteiger charge is -2.19. The van der Waals surface area contributed by atoms with Crippen LogP contribution in [0.25, 0.3) is 0 Å². The van der Waals surface area contributed by atoms with Gasteiger partial charge in [0.2, 0.25) is 11.8 Å². The number of rotatable bonds is 2. The first-order valence-electron chi connectivity index (χ1n) is 4.49. The molecule has 1 saturated heterocycles. The zero-order valence-electron chi connectivity index (χ0n) is 8.15. The minimum absolute atomic E-state index is 0.0305. The van der Waals surface area contributed by atoms with Crippen molar-refractivity contribution < 1.29 is 9.59 Å². The van der Waals surface area contributed by atoms with E-state index in [1.165, 1.54) is 4.90 Å². The van der Waals surface area contributed by atoms with E-state index in [2.05, 4.69) is 12.6 Å². The molecule has 1 heterocycles. The highest BCUT2D eigenvalue weighted by atomic mass is 32.1. The fourth-order valence-electron chi connectivity index (χ4n) is 1.59. The van der Waals surface area contributed by atoms with E-state index < -0.39 is 0 Å². The third-order valence-corrected chi connectivity index (χ3v) is 2.68. The fourth-order valence-corrected chi connectivity index (χ4v) is 1.83. The summed E-state index contributed by atoms with van der Waals surface area (Å²) in [7, 11) is 0. The van der Waals surface area contributed by atoms with Crippen LogP contribution in [0.2, 0.25) is 0 Å². The van der Waals surface area contributed by atoms with Gasteiger partial charge in [0, 0.05) is 17.7 Å². The Labute approximate surface area is 83.9 Å². The fraction of sp³-hybridized carbons (Fsp3) is 0.778. The molecule has 0 saturated carbocycles. The van der Waals surface area contributed by atoms with Gasteiger partial charge < -0.3 is 0 Å². The molecule has 74 valence electrons. The lowest BCUT2D eigenvalue weighted by atomic mass is 10.1. The van der Waals surface area contributed by atoms with E-state index in [0.29, 0.717) is 6.42 Å². The molecule has 2 atom stereocenters. The van der Waals surface area contributed by atoms with Gasteiger partial charge >= 0.3 is 0 Å². The summed E-state index contributed by atoms with van der Waals surface area (Å²) in [6, 6.07) is -0.0305. The summed E-state index contributed by atoms with van der Waals surface area (Å²) in [5, 5.41) is -0.0415. The molecule has 2 unspecified atom stereocenters. The minimum Gasteiger partial charge on any atom is -0.280 e. The number of amides is 2. The van der Waals surface area contributed by atoms with Crippen LogP contribution in [-0.2, 0) is 9.59 Å². The standard InChI is InChI=1S/C9H15NO2S/c1-5(2)10-8(11)4-7(6(3)13)9(10)12/h5-7,13H,4H2,1-3H3. The first kappa shape index (κ1) is 10.6. The van der Waals surface area contributed by atoms with Gasteiger partial charge in [-0.1, -0.05) is 6.92 Å². The highest BCUT2D eigenvalue weighted by Crippen LogP contribution is 2.26. The van der Waals surface area contributed by atoms with Crippen LogP contribution in [0.5, 0.6) is 0 Å². The van der Waals surface area contributed by atoms with E-state index >= 15 is 0 Å². The molecule has 0 N–H and O–H groups in total. The van der Waals surface area contributed by atoms with Crippen LogP contribution in [0.1, 0.15) is 27.2 Å². The number of thiol groups is 1. The third kappa shape index (κ3) is 1.88. The maximum absolute atomic E-state index is 11.7. The van der Waals surface area contributed by atoms with Gasteiger partial charge in [0.05, 0.1) is 5.92 Å². The third-order valence-electron chi connectivity index (χ3n) is 2.32. The Morgan fingerprint density at radius 3 is 2.15 bits per heavy atom. The normalized spacial score (nSPS) is 25.9. The maximum Gasteiger partial charge on any atom is 0.234 e. The van der Waals surface area contributed by atoms with Crippen molar-refractivity contribution in [3.63, 3.8) is 0 Å². The number of carbonyl (C=O) groups excluding carboxylic acids is 2. The molecule has 0 aliphatic carbocycles. The monoisotopic (exact) mass is 201 g/mol. The molecular formula is C9H15NO2S. The van der Waals surface area contributed by atoms with Crippen molar-refractivity contribution in [1.29, 1.82) is 0 Å². The van der Waals surface area contributed by atoms with Crippen molar-refractivity contribution in [2.75, 3.05) is 0 Å². The van der Waals surface area contributed by atoms with Gasteiger partial charge in [-0.2, -0.15) is 12.6 Å². The molecule has 0 aromatic heterocycles. The second-order valence-corrected chi connectivity index (χ2v) is 4.56. The summed E-state index contributed by atoms with van der Waals surface area (Å²) < 4.78 is 0. The van der Waals surface area contributed by atoms with E-state index in [0.717, 1.165) is 0 Å². The van der Waals surface area contributed by atoms with E-state index in [1.54, 1.807) is 0 Å². The average Bonchev–Trinajstić information content (AvgIpc) is 2.26. The molecule has 0 spiro atoms. The molecule has 2 amide bonds. The number of likely N-dealkylation sites (tertiary alicyclic amines) is 1. The van der Waals surface area contributed by atoms with E-state index in [-0.39, 0.29) is 29.0 Å². The molecule has 4 heteroatoms. The number of nitrogens with zero attached hydrogens (tertiary/aromatic N) is 1. The summed E-state index contributed by atoms with van der Waals surface area (Å²) in [6.07, 6.45) is 0.321. The Kier molecular flexibility index (Phi) is 3.01. The van der Waals surface area contributed by atoms with Gasteiger partial charge in [-0.05, 0) is 13.8 Å². The van der Waals surface area contributed by atoms with Crippen molar-refractivity contribution >= 4 is 24.4 Å². The van der Waals surface area contributed by atoms with Gasteiger partial charge in [0.25, 0.3) is 0 Å². The number of hydrogen-bond acceptors (Lipinski definition) is 3. The van der Waals surface area contributed by atoms with Crippen LogP contribution in [0.15, 0.2) is 0 Å². The van der Waals surface area contributed by atoms with Crippen LogP contribution >= 0.6 is 12.6 Å². The number of imide groups is 1. The second kappa shape index (κ2) is 3.70. The van der Waals surface area contributed by atoms with Crippen molar-refractivity contribution in [2.45, 2.75) is 38.5 Å². The quantitative estimate of drug-likeness (QED) is 0.536. The SMILES string of the molecule is CC(S)C1CC(=O)N(C(C)C)C1=O. The van der Waals surface area contributed by atoms with Crippen molar-refractivity contribution in [3.8, 4) is 0 Å². The van der Waals surface area contributed by atoms with E-state index in [4.69, 9.17) is 0 Å². The predicted molar refractivity (Wildman–Crippen MR) is 53.5 cm³/mol. The number of carbonyl (C=O) groups is 2. The smallest absolute Gasteiger partial charge is 0.234 e. The zero-order chi connectivity index (χ0) is 10.2. The van der Waals surface area contributed by atoms with Gasteiger partial charge in [-0.15, -0.1) is 0 Å². The van der Waals surface area contributed by atoms with Crippen LogP contribution in [0, 0.1) is 5.92 Å². The second-order valence-electron chi connectivity index (χ2n) is 3.75. The van der Waals surface area contributed by atoms with Crippen LogP contribution < -0.4 is 0 Å². The summed E-state index contributed by atoms with van der Waals surface area (Å²) in [5.74, 6) is -0.355. The van der Waals surface area contributed by atoms with Gasteiger partial charge in [-0.3, -0.25) is 14.5 Å². The van der Waals surface area contributed by atoms with Gasteiger partial charge in [0.15, 0.2) is 0 Å². The molecule has 1 fully saturated rings. The highest BCUT2D eigenvalue weighted by molar-refractivity contribution is 7.81. The Balaban J connectivity index is 2.82. The van der Waals surface area contributed by atoms with Gasteiger partial charge in [0.1, 0.15) is 0 Å². The topological polar surface area (TPSA) is 37.4 Å². The molecule has 0 aromatic rings. The van der Waals surface area contributed by atoms with E-state index in [9.17, 15) is 9.59 Å². The molecule has 1 aliphatic rings. The molecule has 3 nitrogen and oxygen atoms in total. The largest absolute Gasteiger partial charge is 0.280 e. The first-order chi connectivity index (χ1) is 5.95. The zero-order valence-corrected chi connectivity index (χ0v) is 9.04. The molecule has 0 bridgehead atoms. The molecule has 1 aliphatic heterocycles. The van der Waals surface area contributed by atoms with Crippen LogP contribution in [-0.4, -0.2) is 28.0 Å². The molecule has 0 aromatic carbocycles. The molecule has 0 radical (unpaired) electrons. The first-order valence-corrected chi connectivity index (χ1v) is 5.00. The Hall–Kier alpha value is -0.510. The summed E-state index contributed by atoms with van der Waals surface area (Å²) in [6.45, 7) is 5.55. The van der Waals surface area contributed by atoms with E-state index in [1.807, 2.05) is 20.8 Å². The summed E-state index contributed by atoms with van der Waals surface area (Å²) in [5.41, 5.74) is 0. The Morgan fingerprint density at radius 2 is 1.92 bits per heavy atom. The van der Waals surface area contributed by atoms with Crippen molar-refractivity contribution in [2.24, 2.45) is 5.92 Å². The summed E-state index contributed by atoms with van der Waals surface area (Å²) >= 11 is 4.20. The Morgan fingerprint density at radius 1 is 1.38 bits per heavy atom. The Bertz CT molecular complexity index is 238. The summed E-state index contributed by atoms with van der Waals surface area (Å²) in [4.78, 5) is 24.4. The maximum atomic E-state index is 11.7. The number of hydrogen-bond donors (Lipinski definition) is 1. The van der Waals surface area contributed by atoms with Crippen LogP contribution in [0.3, 0.4) is 0 Å². The highest BCUT2D eigenvalue weighted by Gasteiger charge is 2.41. The molecule has 13 heavy (non-hydrogen) atoms. The minimum atomic E-state index is -0.224.